The number of nitrogens with two attached hydrogens (primary N) is 2. The van der Waals surface area contributed by atoms with Crippen LogP contribution in [-0.4, -0.2) is 10.9 Å². The predicted octanol–water partition coefficient (Wildman–Crippen LogP) is 1.40. The lowest BCUT2D eigenvalue weighted by atomic mass is 10.3. The maximum absolute atomic E-state index is 5.24. The molecule has 6 heteroatoms. The molecule has 1 aromatic rings. The molecule has 0 aliphatic carbocycles. The highest BCUT2D eigenvalue weighted by atomic mass is 127. The van der Waals surface area contributed by atoms with Gasteiger partial charge in [0.25, 0.3) is 0 Å². The second-order valence-corrected chi connectivity index (χ2v) is 3.58. The van der Waals surface area contributed by atoms with E-state index >= 15 is 0 Å². The fraction of sp³-hybridized carbons (Fsp3) is 0.429. The van der Waals surface area contributed by atoms with E-state index in [4.69, 9.17) is 11.5 Å². The van der Waals surface area contributed by atoms with Crippen molar-refractivity contribution in [3.63, 3.8) is 0 Å². The van der Waals surface area contributed by atoms with Gasteiger partial charge in [0.15, 0.2) is 5.96 Å². The van der Waals surface area contributed by atoms with Gasteiger partial charge in [-0.25, -0.2) is 9.98 Å². The second-order valence-electron chi connectivity index (χ2n) is 2.52. The molecule has 0 bridgehead atoms. The standard InChI is InChI=1S/C7H12N4S.HI/c1-4(10-7(8)9)6-3-12-5(2)11-6;/h3-4H,1-2H3,(H4,8,9,10);1H. The quantitative estimate of drug-likeness (QED) is 0.492. The lowest BCUT2D eigenvalue weighted by molar-refractivity contribution is 0.784. The molecule has 0 amide bonds. The van der Waals surface area contributed by atoms with Gasteiger partial charge in [-0.05, 0) is 13.8 Å². The molecule has 13 heavy (non-hydrogen) atoms. The van der Waals surface area contributed by atoms with Crippen LogP contribution in [0.1, 0.15) is 23.7 Å². The van der Waals surface area contributed by atoms with Crippen molar-refractivity contribution in [2.24, 2.45) is 16.5 Å². The van der Waals surface area contributed by atoms with Crippen molar-refractivity contribution in [1.29, 1.82) is 0 Å². The monoisotopic (exact) mass is 312 g/mol. The topological polar surface area (TPSA) is 77.3 Å². The van der Waals surface area contributed by atoms with Crippen molar-refractivity contribution in [3.05, 3.63) is 16.1 Å². The lowest BCUT2D eigenvalue weighted by Gasteiger charge is -2.01. The third kappa shape index (κ3) is 3.90. The summed E-state index contributed by atoms with van der Waals surface area (Å²) in [6.45, 7) is 3.87. The molecule has 74 valence electrons. The van der Waals surface area contributed by atoms with Crippen LogP contribution < -0.4 is 11.5 Å². The Morgan fingerprint density at radius 3 is 2.62 bits per heavy atom. The zero-order valence-corrected chi connectivity index (χ0v) is 10.7. The lowest BCUT2D eigenvalue weighted by Crippen LogP contribution is -2.23. The maximum Gasteiger partial charge on any atom is 0.186 e. The number of thiazole rings is 1. The van der Waals surface area contributed by atoms with Gasteiger partial charge in [0.2, 0.25) is 0 Å². The highest BCUT2D eigenvalue weighted by Crippen LogP contribution is 2.18. The Morgan fingerprint density at radius 1 is 1.62 bits per heavy atom. The number of aryl methyl sites for hydroxylation is 1. The smallest absolute Gasteiger partial charge is 0.186 e. The van der Waals surface area contributed by atoms with Crippen LogP contribution in [0.15, 0.2) is 10.4 Å². The molecule has 0 saturated heterocycles. The summed E-state index contributed by atoms with van der Waals surface area (Å²) in [6.07, 6.45) is 0. The van der Waals surface area contributed by atoms with Gasteiger partial charge in [-0.1, -0.05) is 0 Å². The number of hydrogen-bond donors (Lipinski definition) is 2. The molecule has 4 N–H and O–H groups in total. The van der Waals surface area contributed by atoms with Crippen LogP contribution in [0.2, 0.25) is 0 Å². The van der Waals surface area contributed by atoms with E-state index in [2.05, 4.69) is 9.98 Å². The number of aliphatic imine (C=N–C) groups is 1. The first-order valence-corrected chi connectivity index (χ1v) is 4.48. The van der Waals surface area contributed by atoms with Crippen molar-refractivity contribution in [1.82, 2.24) is 4.98 Å². The third-order valence-electron chi connectivity index (χ3n) is 1.41. The Kier molecular flexibility index (Phi) is 5.23. The van der Waals surface area contributed by atoms with Gasteiger partial charge in [0.05, 0.1) is 16.7 Å². The van der Waals surface area contributed by atoms with Crippen LogP contribution in [0.3, 0.4) is 0 Å². The first-order valence-electron chi connectivity index (χ1n) is 3.60. The summed E-state index contributed by atoms with van der Waals surface area (Å²) >= 11 is 1.60. The summed E-state index contributed by atoms with van der Waals surface area (Å²) in [5.74, 6) is 0.105. The molecule has 0 aromatic carbocycles. The first kappa shape index (κ1) is 12.6. The summed E-state index contributed by atoms with van der Waals surface area (Å²) in [5.41, 5.74) is 11.4. The molecule has 0 aliphatic heterocycles. The van der Waals surface area contributed by atoms with Crippen LogP contribution in [0.4, 0.5) is 0 Å². The fourth-order valence-corrected chi connectivity index (χ4v) is 1.56. The second kappa shape index (κ2) is 5.38. The first-order chi connectivity index (χ1) is 5.59. The van der Waals surface area contributed by atoms with Crippen LogP contribution in [-0.2, 0) is 0 Å². The van der Waals surface area contributed by atoms with E-state index in [1.807, 2.05) is 19.2 Å². The van der Waals surface area contributed by atoms with Crippen molar-refractivity contribution in [2.75, 3.05) is 0 Å². The van der Waals surface area contributed by atoms with E-state index in [9.17, 15) is 0 Å². The van der Waals surface area contributed by atoms with Crippen LogP contribution in [0.5, 0.6) is 0 Å². The van der Waals surface area contributed by atoms with E-state index in [-0.39, 0.29) is 36.0 Å². The summed E-state index contributed by atoms with van der Waals surface area (Å²) < 4.78 is 0. The number of halogens is 1. The van der Waals surface area contributed by atoms with Gasteiger partial charge in [-0.3, -0.25) is 0 Å². The average Bonchev–Trinajstić information content (AvgIpc) is 2.34. The SMILES string of the molecule is Cc1nc(C(C)N=C(N)N)cs1.I. The number of nitrogens with zero attached hydrogens (tertiary/aromatic N) is 2. The third-order valence-corrected chi connectivity index (χ3v) is 2.20. The Morgan fingerprint density at radius 2 is 2.23 bits per heavy atom. The Labute approximate surface area is 98.5 Å². The zero-order valence-electron chi connectivity index (χ0n) is 7.52. The molecular formula is C7H13IN4S. The highest BCUT2D eigenvalue weighted by molar-refractivity contribution is 14.0. The Hall–Kier alpha value is -0.370. The van der Waals surface area contributed by atoms with Crippen molar-refractivity contribution < 1.29 is 0 Å². The molecule has 0 spiro atoms. The van der Waals surface area contributed by atoms with Gasteiger partial charge in [0, 0.05) is 5.38 Å². The molecule has 1 heterocycles. The van der Waals surface area contributed by atoms with E-state index in [1.54, 1.807) is 11.3 Å². The molecule has 1 rings (SSSR count). The zero-order chi connectivity index (χ0) is 9.14. The number of guanidine groups is 1. The van der Waals surface area contributed by atoms with Gasteiger partial charge in [-0.2, -0.15) is 0 Å². The van der Waals surface area contributed by atoms with Crippen LogP contribution >= 0.6 is 35.3 Å². The fourth-order valence-electron chi connectivity index (χ4n) is 0.862. The molecule has 0 fully saturated rings. The summed E-state index contributed by atoms with van der Waals surface area (Å²) in [4.78, 5) is 8.24. The Bertz CT molecular complexity index is 292. The van der Waals surface area contributed by atoms with Crippen LogP contribution in [0, 0.1) is 6.92 Å². The molecule has 0 aliphatic rings. The Balaban J connectivity index is 0.00000144. The normalized spacial score (nSPS) is 11.5. The van der Waals surface area contributed by atoms with E-state index in [1.165, 1.54) is 0 Å². The van der Waals surface area contributed by atoms with Gasteiger partial charge < -0.3 is 11.5 Å². The number of hydrogen-bond acceptors (Lipinski definition) is 3. The minimum Gasteiger partial charge on any atom is -0.370 e. The summed E-state index contributed by atoms with van der Waals surface area (Å²) in [6, 6.07) is -0.0417. The largest absolute Gasteiger partial charge is 0.370 e. The summed E-state index contributed by atoms with van der Waals surface area (Å²) in [7, 11) is 0. The van der Waals surface area contributed by atoms with Crippen LogP contribution in [0.25, 0.3) is 0 Å². The molecule has 1 unspecified atom stereocenters. The predicted molar refractivity (Wildman–Crippen MR) is 66.5 cm³/mol. The van der Waals surface area contributed by atoms with E-state index < -0.39 is 0 Å². The average molecular weight is 312 g/mol. The van der Waals surface area contributed by atoms with Gasteiger partial charge in [0.1, 0.15) is 0 Å². The van der Waals surface area contributed by atoms with Gasteiger partial charge in [-0.15, -0.1) is 35.3 Å². The maximum atomic E-state index is 5.24. The van der Waals surface area contributed by atoms with Crippen molar-refractivity contribution in [3.8, 4) is 0 Å². The van der Waals surface area contributed by atoms with Crippen molar-refractivity contribution in [2.45, 2.75) is 19.9 Å². The molecule has 1 atom stereocenters. The van der Waals surface area contributed by atoms with Gasteiger partial charge >= 0.3 is 0 Å². The molecule has 4 nitrogen and oxygen atoms in total. The minimum absolute atomic E-state index is 0. The molecule has 0 radical (unpaired) electrons. The molecule has 0 saturated carbocycles. The highest BCUT2D eigenvalue weighted by Gasteiger charge is 2.06. The molecule has 1 aromatic heterocycles. The van der Waals surface area contributed by atoms with E-state index in [0.717, 1.165) is 10.7 Å². The van der Waals surface area contributed by atoms with E-state index in [0.29, 0.717) is 0 Å². The number of aromatic nitrogens is 1. The number of rotatable bonds is 2. The minimum atomic E-state index is -0.0417. The van der Waals surface area contributed by atoms with Crippen molar-refractivity contribution >= 4 is 41.3 Å². The molecular weight excluding hydrogens is 299 g/mol. The summed E-state index contributed by atoms with van der Waals surface area (Å²) in [5, 5.41) is 2.99.